The molecule has 1 nitrogen and oxygen atoms in total. The topological polar surface area (TPSA) is 9.23 Å². The van der Waals surface area contributed by atoms with Gasteiger partial charge in [0.05, 0.1) is 7.11 Å². The van der Waals surface area contributed by atoms with Crippen LogP contribution in [0.5, 0.6) is 5.75 Å². The zero-order valence-corrected chi connectivity index (χ0v) is 10.7. The van der Waals surface area contributed by atoms with Crippen LogP contribution in [0.1, 0.15) is 16.4 Å². The molecule has 0 heterocycles. The molecular weight excluding hydrogens is 228 g/mol. The van der Waals surface area contributed by atoms with E-state index in [-0.39, 0.29) is 5.25 Å². The molecule has 17 heavy (non-hydrogen) atoms. The maximum Gasteiger partial charge on any atom is 0.118 e. The second-order valence-corrected chi connectivity index (χ2v) is 4.60. The average molecular weight is 244 g/mol. The molecule has 0 aliphatic carbocycles. The Morgan fingerprint density at radius 3 is 2.24 bits per heavy atom. The van der Waals surface area contributed by atoms with Gasteiger partial charge in [-0.05, 0) is 29.7 Å². The lowest BCUT2D eigenvalue weighted by atomic mass is 10.0. The van der Waals surface area contributed by atoms with Gasteiger partial charge in [-0.25, -0.2) is 0 Å². The largest absolute Gasteiger partial charge is 0.497 e. The minimum atomic E-state index is 0.225. The summed E-state index contributed by atoms with van der Waals surface area (Å²) in [5.74, 6) is 0.883. The highest BCUT2D eigenvalue weighted by Crippen LogP contribution is 2.26. The fourth-order valence-corrected chi connectivity index (χ4v) is 2.16. The number of benzene rings is 2. The van der Waals surface area contributed by atoms with Crippen molar-refractivity contribution in [2.75, 3.05) is 7.11 Å². The van der Waals surface area contributed by atoms with Gasteiger partial charge < -0.3 is 4.74 Å². The molecule has 0 N–H and O–H groups in total. The Morgan fingerprint density at radius 2 is 1.65 bits per heavy atom. The average Bonchev–Trinajstić information content (AvgIpc) is 2.40. The molecule has 0 aromatic heterocycles. The molecular formula is C15H16OS. The first-order chi connectivity index (χ1) is 8.29. The van der Waals surface area contributed by atoms with Crippen LogP contribution in [-0.4, -0.2) is 7.11 Å². The van der Waals surface area contributed by atoms with Crippen LogP contribution in [0.3, 0.4) is 0 Å². The number of hydrogen-bond acceptors (Lipinski definition) is 2. The summed E-state index contributed by atoms with van der Waals surface area (Å²) < 4.78 is 5.14. The summed E-state index contributed by atoms with van der Waals surface area (Å²) in [6.07, 6.45) is 0.941. The van der Waals surface area contributed by atoms with Crippen LogP contribution in [0.2, 0.25) is 0 Å². The smallest absolute Gasteiger partial charge is 0.118 e. The van der Waals surface area contributed by atoms with E-state index in [1.807, 2.05) is 18.2 Å². The zero-order chi connectivity index (χ0) is 12.1. The Labute approximate surface area is 108 Å². The Morgan fingerprint density at radius 1 is 1.00 bits per heavy atom. The summed E-state index contributed by atoms with van der Waals surface area (Å²) in [5, 5.41) is 0.225. The maximum absolute atomic E-state index is 5.14. The van der Waals surface area contributed by atoms with Gasteiger partial charge in [0.2, 0.25) is 0 Å². The summed E-state index contributed by atoms with van der Waals surface area (Å²) in [4.78, 5) is 0. The first-order valence-corrected chi connectivity index (χ1v) is 6.17. The molecule has 1 unspecified atom stereocenters. The highest BCUT2D eigenvalue weighted by atomic mass is 32.1. The zero-order valence-electron chi connectivity index (χ0n) is 9.84. The quantitative estimate of drug-likeness (QED) is 0.802. The van der Waals surface area contributed by atoms with E-state index in [0.717, 1.165) is 12.2 Å². The van der Waals surface area contributed by atoms with E-state index in [1.54, 1.807) is 7.11 Å². The Balaban J connectivity index is 2.06. The molecule has 0 saturated heterocycles. The predicted octanol–water partition coefficient (Wildman–Crippen LogP) is 3.91. The molecule has 2 aromatic carbocycles. The van der Waals surface area contributed by atoms with E-state index >= 15 is 0 Å². The summed E-state index contributed by atoms with van der Waals surface area (Å²) in [6, 6.07) is 18.5. The predicted molar refractivity (Wildman–Crippen MR) is 74.9 cm³/mol. The fourth-order valence-electron chi connectivity index (χ4n) is 1.78. The maximum atomic E-state index is 5.14. The molecule has 0 saturated carbocycles. The number of ether oxygens (including phenoxy) is 1. The minimum Gasteiger partial charge on any atom is -0.497 e. The first-order valence-electron chi connectivity index (χ1n) is 5.65. The van der Waals surface area contributed by atoms with Gasteiger partial charge in [0.1, 0.15) is 5.75 Å². The molecule has 0 aliphatic rings. The van der Waals surface area contributed by atoms with E-state index in [1.165, 1.54) is 11.1 Å². The van der Waals surface area contributed by atoms with Gasteiger partial charge in [0.25, 0.3) is 0 Å². The molecule has 0 spiro atoms. The van der Waals surface area contributed by atoms with E-state index in [2.05, 4.69) is 49.0 Å². The molecule has 2 aromatic rings. The van der Waals surface area contributed by atoms with Crippen LogP contribution in [-0.2, 0) is 6.42 Å². The van der Waals surface area contributed by atoms with E-state index in [9.17, 15) is 0 Å². The van der Waals surface area contributed by atoms with Gasteiger partial charge in [-0.3, -0.25) is 0 Å². The highest BCUT2D eigenvalue weighted by Gasteiger charge is 2.07. The summed E-state index contributed by atoms with van der Waals surface area (Å²) >= 11 is 4.65. The molecule has 0 bridgehead atoms. The monoisotopic (exact) mass is 244 g/mol. The lowest BCUT2D eigenvalue weighted by molar-refractivity contribution is 0.414. The van der Waals surface area contributed by atoms with Crippen molar-refractivity contribution in [1.29, 1.82) is 0 Å². The Kier molecular flexibility index (Phi) is 4.10. The second kappa shape index (κ2) is 5.78. The molecule has 0 aliphatic heterocycles. The minimum absolute atomic E-state index is 0.225. The highest BCUT2D eigenvalue weighted by molar-refractivity contribution is 7.80. The molecule has 0 fully saturated rings. The van der Waals surface area contributed by atoms with Gasteiger partial charge in [-0.2, -0.15) is 12.6 Å². The van der Waals surface area contributed by atoms with Crippen LogP contribution in [0.25, 0.3) is 0 Å². The normalized spacial score (nSPS) is 12.1. The van der Waals surface area contributed by atoms with Crippen LogP contribution in [0.4, 0.5) is 0 Å². The summed E-state index contributed by atoms with van der Waals surface area (Å²) in [5.41, 5.74) is 2.53. The van der Waals surface area contributed by atoms with E-state index in [4.69, 9.17) is 4.74 Å². The van der Waals surface area contributed by atoms with Crippen LogP contribution < -0.4 is 4.74 Å². The Bertz CT molecular complexity index is 450. The lowest BCUT2D eigenvalue weighted by Crippen LogP contribution is -1.96. The third kappa shape index (κ3) is 3.27. The van der Waals surface area contributed by atoms with Crippen molar-refractivity contribution < 1.29 is 4.74 Å². The molecule has 88 valence electrons. The van der Waals surface area contributed by atoms with Crippen molar-refractivity contribution in [3.8, 4) is 5.75 Å². The summed E-state index contributed by atoms with van der Waals surface area (Å²) in [7, 11) is 1.68. The standard InChI is InChI=1S/C15H16OS/c1-16-14-9-7-13(8-10-14)15(17)11-12-5-3-2-4-6-12/h2-10,15,17H,11H2,1H3. The third-order valence-electron chi connectivity index (χ3n) is 2.77. The third-order valence-corrected chi connectivity index (χ3v) is 3.25. The number of rotatable bonds is 4. The summed E-state index contributed by atoms with van der Waals surface area (Å²) in [6.45, 7) is 0. The van der Waals surface area contributed by atoms with E-state index < -0.39 is 0 Å². The van der Waals surface area contributed by atoms with Gasteiger partial charge in [-0.15, -0.1) is 0 Å². The second-order valence-electron chi connectivity index (χ2n) is 3.98. The van der Waals surface area contributed by atoms with Gasteiger partial charge in [-0.1, -0.05) is 42.5 Å². The van der Waals surface area contributed by atoms with Crippen molar-refractivity contribution in [3.63, 3.8) is 0 Å². The van der Waals surface area contributed by atoms with Crippen LogP contribution >= 0.6 is 12.6 Å². The van der Waals surface area contributed by atoms with Gasteiger partial charge in [0.15, 0.2) is 0 Å². The SMILES string of the molecule is COc1ccc(C(S)Cc2ccccc2)cc1. The first kappa shape index (κ1) is 12.1. The van der Waals surface area contributed by atoms with Gasteiger partial charge >= 0.3 is 0 Å². The van der Waals surface area contributed by atoms with Crippen molar-refractivity contribution >= 4 is 12.6 Å². The molecule has 1 atom stereocenters. The lowest BCUT2D eigenvalue weighted by Gasteiger charge is -2.11. The van der Waals surface area contributed by atoms with Crippen molar-refractivity contribution in [2.45, 2.75) is 11.7 Å². The van der Waals surface area contributed by atoms with Crippen molar-refractivity contribution in [1.82, 2.24) is 0 Å². The molecule has 0 amide bonds. The number of thiol groups is 1. The number of hydrogen-bond donors (Lipinski definition) is 1. The van der Waals surface area contributed by atoms with E-state index in [0.29, 0.717) is 0 Å². The van der Waals surface area contributed by atoms with Crippen LogP contribution in [0.15, 0.2) is 54.6 Å². The number of methoxy groups -OCH3 is 1. The Hall–Kier alpha value is -1.41. The fraction of sp³-hybridized carbons (Fsp3) is 0.200. The van der Waals surface area contributed by atoms with Gasteiger partial charge in [0, 0.05) is 5.25 Å². The molecule has 2 heteroatoms. The van der Waals surface area contributed by atoms with Crippen LogP contribution in [0, 0.1) is 0 Å². The van der Waals surface area contributed by atoms with Crippen molar-refractivity contribution in [3.05, 3.63) is 65.7 Å². The molecule has 0 radical (unpaired) electrons. The molecule has 2 rings (SSSR count). The van der Waals surface area contributed by atoms with Crippen molar-refractivity contribution in [2.24, 2.45) is 0 Å².